The molecule has 21 heavy (non-hydrogen) atoms. The van der Waals surface area contributed by atoms with E-state index in [1.807, 2.05) is 6.07 Å². The second-order valence-electron chi connectivity index (χ2n) is 7.53. The van der Waals surface area contributed by atoms with E-state index in [2.05, 4.69) is 0 Å². The summed E-state index contributed by atoms with van der Waals surface area (Å²) in [6.45, 7) is 0. The maximum atomic E-state index is 13.5. The van der Waals surface area contributed by atoms with E-state index in [1.54, 1.807) is 6.07 Å². The van der Waals surface area contributed by atoms with Gasteiger partial charge in [0.15, 0.2) is 0 Å². The summed E-state index contributed by atoms with van der Waals surface area (Å²) in [6, 6.07) is 4.90. The Kier molecular flexibility index (Phi) is 3.50. The molecule has 0 radical (unpaired) electrons. The molecule has 1 N–H and O–H groups in total. The van der Waals surface area contributed by atoms with Crippen molar-refractivity contribution < 1.29 is 9.50 Å². The van der Waals surface area contributed by atoms with Crippen LogP contribution in [0, 0.1) is 35.4 Å². The molecule has 4 aliphatic rings. The third kappa shape index (κ3) is 2.51. The standard InChI is InChI=1S/C18H22ClFO/c19-15-2-1-10(8-16(15)20)9-17(21)18-13-4-11-3-12(6-13)7-14(18)5-11/h1-2,8,11-14,17-18,21H,3-7,9H2. The summed E-state index contributed by atoms with van der Waals surface area (Å²) in [5.74, 6) is 3.29. The van der Waals surface area contributed by atoms with Gasteiger partial charge in [0, 0.05) is 0 Å². The number of rotatable bonds is 3. The van der Waals surface area contributed by atoms with Gasteiger partial charge >= 0.3 is 0 Å². The molecule has 0 spiro atoms. The van der Waals surface area contributed by atoms with E-state index in [9.17, 15) is 9.50 Å². The molecule has 1 atom stereocenters. The monoisotopic (exact) mass is 308 g/mol. The van der Waals surface area contributed by atoms with Crippen molar-refractivity contribution in [2.45, 2.75) is 44.6 Å². The summed E-state index contributed by atoms with van der Waals surface area (Å²) in [4.78, 5) is 0. The molecule has 3 heteroatoms. The first-order chi connectivity index (χ1) is 10.1. The molecule has 4 aliphatic carbocycles. The van der Waals surface area contributed by atoms with E-state index in [4.69, 9.17) is 11.6 Å². The summed E-state index contributed by atoms with van der Waals surface area (Å²) in [5, 5.41) is 10.9. The molecule has 0 saturated heterocycles. The number of aliphatic hydroxyl groups is 1. The molecule has 5 rings (SSSR count). The largest absolute Gasteiger partial charge is 0.392 e. The van der Waals surface area contributed by atoms with Crippen molar-refractivity contribution >= 4 is 11.6 Å². The van der Waals surface area contributed by atoms with E-state index < -0.39 is 0 Å². The van der Waals surface area contributed by atoms with Crippen LogP contribution in [0.4, 0.5) is 4.39 Å². The Morgan fingerprint density at radius 2 is 1.71 bits per heavy atom. The van der Waals surface area contributed by atoms with E-state index in [1.165, 1.54) is 38.2 Å². The third-order valence-electron chi connectivity index (χ3n) is 6.17. The van der Waals surface area contributed by atoms with E-state index >= 15 is 0 Å². The molecule has 4 bridgehead atoms. The van der Waals surface area contributed by atoms with E-state index in [-0.39, 0.29) is 16.9 Å². The molecule has 0 aliphatic heterocycles. The van der Waals surface area contributed by atoms with Crippen LogP contribution in [0.5, 0.6) is 0 Å². The highest BCUT2D eigenvalue weighted by molar-refractivity contribution is 6.30. The van der Waals surface area contributed by atoms with Crippen molar-refractivity contribution in [2.24, 2.45) is 29.6 Å². The summed E-state index contributed by atoms with van der Waals surface area (Å²) >= 11 is 5.73. The number of halogens is 2. The smallest absolute Gasteiger partial charge is 0.142 e. The first-order valence-corrected chi connectivity index (χ1v) is 8.60. The minimum atomic E-state index is -0.383. The van der Waals surface area contributed by atoms with Crippen molar-refractivity contribution in [3.63, 3.8) is 0 Å². The fourth-order valence-corrected chi connectivity index (χ4v) is 5.76. The summed E-state index contributed by atoms with van der Waals surface area (Å²) in [7, 11) is 0. The zero-order valence-corrected chi connectivity index (χ0v) is 12.9. The topological polar surface area (TPSA) is 20.2 Å². The predicted octanol–water partition coefficient (Wildman–Crippen LogP) is 4.45. The van der Waals surface area contributed by atoms with Gasteiger partial charge in [0.2, 0.25) is 0 Å². The van der Waals surface area contributed by atoms with Gasteiger partial charge in [-0.2, -0.15) is 0 Å². The zero-order valence-electron chi connectivity index (χ0n) is 12.1. The molecule has 1 nitrogen and oxygen atoms in total. The van der Waals surface area contributed by atoms with Gasteiger partial charge in [-0.15, -0.1) is 0 Å². The highest BCUT2D eigenvalue weighted by Crippen LogP contribution is 2.57. The predicted molar refractivity (Wildman–Crippen MR) is 81.7 cm³/mol. The SMILES string of the molecule is OC(Cc1ccc(Cl)c(F)c1)C1C2CC3CC(C2)CC1C3. The molecule has 114 valence electrons. The lowest BCUT2D eigenvalue weighted by Gasteiger charge is -2.55. The van der Waals surface area contributed by atoms with Crippen LogP contribution < -0.4 is 0 Å². The van der Waals surface area contributed by atoms with E-state index in [0.29, 0.717) is 24.2 Å². The Morgan fingerprint density at radius 1 is 1.10 bits per heavy atom. The van der Waals surface area contributed by atoms with Crippen LogP contribution in [0.1, 0.15) is 37.7 Å². The van der Waals surface area contributed by atoms with Crippen LogP contribution >= 0.6 is 11.6 Å². The first-order valence-electron chi connectivity index (χ1n) is 8.22. The fourth-order valence-electron chi connectivity index (χ4n) is 5.64. The average molecular weight is 309 g/mol. The van der Waals surface area contributed by atoms with Crippen LogP contribution in [0.2, 0.25) is 5.02 Å². The van der Waals surface area contributed by atoms with Crippen molar-refractivity contribution in [3.8, 4) is 0 Å². The van der Waals surface area contributed by atoms with Crippen LogP contribution in [0.25, 0.3) is 0 Å². The van der Waals surface area contributed by atoms with Gasteiger partial charge in [-0.1, -0.05) is 17.7 Å². The van der Waals surface area contributed by atoms with Crippen LogP contribution in [-0.2, 0) is 6.42 Å². The second-order valence-corrected chi connectivity index (χ2v) is 7.94. The van der Waals surface area contributed by atoms with Gasteiger partial charge in [-0.05, 0) is 85.8 Å². The lowest BCUT2D eigenvalue weighted by atomic mass is 9.50. The first kappa shape index (κ1) is 14.0. The molecule has 4 fully saturated rings. The van der Waals surface area contributed by atoms with Crippen LogP contribution in [0.3, 0.4) is 0 Å². The highest BCUT2D eigenvalue weighted by Gasteiger charge is 2.50. The highest BCUT2D eigenvalue weighted by atomic mass is 35.5. The average Bonchev–Trinajstić information content (AvgIpc) is 2.41. The second kappa shape index (κ2) is 5.24. The molecule has 0 amide bonds. The Hall–Kier alpha value is -0.600. The normalized spacial score (nSPS) is 38.7. The minimum absolute atomic E-state index is 0.155. The Labute approximate surface area is 130 Å². The van der Waals surface area contributed by atoms with Gasteiger partial charge in [0.1, 0.15) is 5.82 Å². The summed E-state index contributed by atoms with van der Waals surface area (Å²) in [5.41, 5.74) is 0.859. The fraction of sp³-hybridized carbons (Fsp3) is 0.667. The van der Waals surface area contributed by atoms with Gasteiger partial charge in [-0.25, -0.2) is 4.39 Å². The quantitative estimate of drug-likeness (QED) is 0.874. The summed E-state index contributed by atoms with van der Waals surface area (Å²) < 4.78 is 13.5. The van der Waals surface area contributed by atoms with Crippen molar-refractivity contribution in [1.29, 1.82) is 0 Å². The number of aliphatic hydroxyl groups excluding tert-OH is 1. The number of hydrogen-bond donors (Lipinski definition) is 1. The van der Waals surface area contributed by atoms with Gasteiger partial charge in [-0.3, -0.25) is 0 Å². The molecule has 1 aromatic carbocycles. The Morgan fingerprint density at radius 3 is 2.29 bits per heavy atom. The van der Waals surface area contributed by atoms with Gasteiger partial charge in [0.05, 0.1) is 11.1 Å². The molecule has 4 saturated carbocycles. The van der Waals surface area contributed by atoms with Gasteiger partial charge < -0.3 is 5.11 Å². The van der Waals surface area contributed by atoms with Crippen molar-refractivity contribution in [2.75, 3.05) is 0 Å². The Balaban J connectivity index is 1.49. The maximum Gasteiger partial charge on any atom is 0.142 e. The lowest BCUT2D eigenvalue weighted by Crippen LogP contribution is -2.49. The molecular formula is C18H22ClFO. The van der Waals surface area contributed by atoms with Crippen LogP contribution in [-0.4, -0.2) is 11.2 Å². The van der Waals surface area contributed by atoms with Crippen molar-refractivity contribution in [1.82, 2.24) is 0 Å². The number of hydrogen-bond acceptors (Lipinski definition) is 1. The minimum Gasteiger partial charge on any atom is -0.392 e. The third-order valence-corrected chi connectivity index (χ3v) is 6.48. The molecule has 1 aromatic rings. The molecular weight excluding hydrogens is 287 g/mol. The Bertz CT molecular complexity index is 516. The molecule has 1 unspecified atom stereocenters. The summed E-state index contributed by atoms with van der Waals surface area (Å²) in [6.07, 6.45) is 6.89. The van der Waals surface area contributed by atoms with Crippen LogP contribution in [0.15, 0.2) is 18.2 Å². The number of benzene rings is 1. The zero-order chi connectivity index (χ0) is 14.6. The molecule has 0 aromatic heterocycles. The van der Waals surface area contributed by atoms with Crippen molar-refractivity contribution in [3.05, 3.63) is 34.6 Å². The lowest BCUT2D eigenvalue weighted by molar-refractivity contribution is -0.0887. The van der Waals surface area contributed by atoms with Gasteiger partial charge in [0.25, 0.3) is 0 Å². The molecule has 0 heterocycles. The van der Waals surface area contributed by atoms with E-state index in [0.717, 1.165) is 17.4 Å². The maximum absolute atomic E-state index is 13.5.